The molecule has 0 aliphatic heterocycles. The summed E-state index contributed by atoms with van der Waals surface area (Å²) in [5.41, 5.74) is 8.03. The Bertz CT molecular complexity index is 674. The van der Waals surface area contributed by atoms with E-state index < -0.39 is 12.0 Å². The molecule has 5 heteroatoms. The standard InChI is InChI=1S/C20H24N2O3/c1-2-25-19(23)15-22(14-17-11-7-4-8-12-17)20(24)18(21)13-16-9-5-3-6-10-16/h3-12,18H,2,13-15,21H2,1H3. The van der Waals surface area contributed by atoms with Gasteiger partial charge in [0.2, 0.25) is 5.91 Å². The van der Waals surface area contributed by atoms with Crippen molar-refractivity contribution in [3.63, 3.8) is 0 Å². The van der Waals surface area contributed by atoms with Gasteiger partial charge in [-0.1, -0.05) is 60.7 Å². The monoisotopic (exact) mass is 340 g/mol. The maximum Gasteiger partial charge on any atom is 0.325 e. The average molecular weight is 340 g/mol. The lowest BCUT2D eigenvalue weighted by Gasteiger charge is -2.25. The predicted molar refractivity (Wildman–Crippen MR) is 96.6 cm³/mol. The molecule has 0 aromatic heterocycles. The minimum atomic E-state index is -0.708. The fraction of sp³-hybridized carbons (Fsp3) is 0.300. The number of carbonyl (C=O) groups is 2. The maximum absolute atomic E-state index is 12.8. The fourth-order valence-corrected chi connectivity index (χ4v) is 2.57. The van der Waals surface area contributed by atoms with Gasteiger partial charge in [0.25, 0.3) is 0 Å². The zero-order valence-electron chi connectivity index (χ0n) is 14.4. The highest BCUT2D eigenvalue weighted by atomic mass is 16.5. The van der Waals surface area contributed by atoms with Gasteiger partial charge in [-0.25, -0.2) is 0 Å². The summed E-state index contributed by atoms with van der Waals surface area (Å²) in [6.07, 6.45) is 0.424. The molecular weight excluding hydrogens is 316 g/mol. The number of nitrogens with zero attached hydrogens (tertiary/aromatic N) is 1. The normalized spacial score (nSPS) is 11.6. The number of benzene rings is 2. The minimum absolute atomic E-state index is 0.107. The number of carbonyl (C=O) groups excluding carboxylic acids is 2. The van der Waals surface area contributed by atoms with Crippen LogP contribution in [0.2, 0.25) is 0 Å². The molecule has 132 valence electrons. The molecule has 2 rings (SSSR count). The summed E-state index contributed by atoms with van der Waals surface area (Å²) in [4.78, 5) is 26.1. The van der Waals surface area contributed by atoms with Crippen molar-refractivity contribution in [1.82, 2.24) is 4.90 Å². The molecule has 2 aromatic carbocycles. The summed E-state index contributed by atoms with van der Waals surface area (Å²) < 4.78 is 4.98. The van der Waals surface area contributed by atoms with Crippen LogP contribution < -0.4 is 5.73 Å². The first-order chi connectivity index (χ1) is 12.1. The molecule has 25 heavy (non-hydrogen) atoms. The topological polar surface area (TPSA) is 72.6 Å². The van der Waals surface area contributed by atoms with E-state index in [0.29, 0.717) is 13.0 Å². The third kappa shape index (κ3) is 6.04. The van der Waals surface area contributed by atoms with Crippen molar-refractivity contribution in [2.24, 2.45) is 5.73 Å². The molecule has 2 aromatic rings. The Balaban J connectivity index is 2.09. The van der Waals surface area contributed by atoms with E-state index in [1.807, 2.05) is 60.7 Å². The molecule has 0 radical (unpaired) electrons. The molecule has 0 bridgehead atoms. The van der Waals surface area contributed by atoms with Crippen LogP contribution in [0, 0.1) is 0 Å². The average Bonchev–Trinajstić information content (AvgIpc) is 2.62. The Morgan fingerprint density at radius 1 is 1.00 bits per heavy atom. The molecular formula is C20H24N2O3. The van der Waals surface area contributed by atoms with Gasteiger partial charge >= 0.3 is 5.97 Å². The highest BCUT2D eigenvalue weighted by molar-refractivity contribution is 5.85. The third-order valence-corrected chi connectivity index (χ3v) is 3.77. The Labute approximate surface area is 148 Å². The zero-order chi connectivity index (χ0) is 18.1. The van der Waals surface area contributed by atoms with Crippen LogP contribution in [0.25, 0.3) is 0 Å². The lowest BCUT2D eigenvalue weighted by molar-refractivity contribution is -0.149. The van der Waals surface area contributed by atoms with Gasteiger partial charge in [-0.05, 0) is 24.5 Å². The molecule has 1 unspecified atom stereocenters. The highest BCUT2D eigenvalue weighted by Gasteiger charge is 2.24. The van der Waals surface area contributed by atoms with Crippen molar-refractivity contribution in [3.05, 3.63) is 71.8 Å². The van der Waals surface area contributed by atoms with Gasteiger partial charge < -0.3 is 15.4 Å². The lowest BCUT2D eigenvalue weighted by Crippen LogP contribution is -2.46. The second-order valence-electron chi connectivity index (χ2n) is 5.78. The number of ether oxygens (including phenoxy) is 1. The Hall–Kier alpha value is -2.66. The highest BCUT2D eigenvalue weighted by Crippen LogP contribution is 2.09. The number of rotatable bonds is 8. The summed E-state index contributed by atoms with van der Waals surface area (Å²) >= 11 is 0. The molecule has 0 spiro atoms. The van der Waals surface area contributed by atoms with Gasteiger partial charge in [0, 0.05) is 6.54 Å². The summed E-state index contributed by atoms with van der Waals surface area (Å²) in [6.45, 7) is 2.23. The lowest BCUT2D eigenvalue weighted by atomic mass is 10.1. The second-order valence-corrected chi connectivity index (χ2v) is 5.78. The van der Waals surface area contributed by atoms with E-state index in [-0.39, 0.29) is 19.1 Å². The summed E-state index contributed by atoms with van der Waals surface area (Å²) in [5.74, 6) is -0.695. The van der Waals surface area contributed by atoms with Crippen LogP contribution in [0.15, 0.2) is 60.7 Å². The zero-order valence-corrected chi connectivity index (χ0v) is 14.4. The molecule has 0 aliphatic rings. The molecule has 0 aliphatic carbocycles. The van der Waals surface area contributed by atoms with Gasteiger partial charge in [-0.15, -0.1) is 0 Å². The van der Waals surface area contributed by atoms with Crippen molar-refractivity contribution in [2.45, 2.75) is 25.9 Å². The van der Waals surface area contributed by atoms with Crippen molar-refractivity contribution >= 4 is 11.9 Å². The van der Waals surface area contributed by atoms with Crippen LogP contribution in [0.5, 0.6) is 0 Å². The maximum atomic E-state index is 12.8. The van der Waals surface area contributed by atoms with Crippen LogP contribution in [0.1, 0.15) is 18.1 Å². The van der Waals surface area contributed by atoms with Crippen molar-refractivity contribution in [1.29, 1.82) is 0 Å². The summed E-state index contributed by atoms with van der Waals surface area (Å²) in [7, 11) is 0. The summed E-state index contributed by atoms with van der Waals surface area (Å²) in [5, 5.41) is 0. The molecule has 0 heterocycles. The van der Waals surface area contributed by atoms with Gasteiger partial charge in [0.15, 0.2) is 0 Å². The SMILES string of the molecule is CCOC(=O)CN(Cc1ccccc1)C(=O)C(N)Cc1ccccc1. The Morgan fingerprint density at radius 2 is 1.56 bits per heavy atom. The molecule has 0 saturated carbocycles. The van der Waals surface area contributed by atoms with Crippen LogP contribution in [0.3, 0.4) is 0 Å². The minimum Gasteiger partial charge on any atom is -0.465 e. The Kier molecular flexibility index (Phi) is 7.16. The number of esters is 1. The first-order valence-corrected chi connectivity index (χ1v) is 8.38. The fourth-order valence-electron chi connectivity index (χ4n) is 2.57. The van der Waals surface area contributed by atoms with Crippen LogP contribution in [-0.4, -0.2) is 36.0 Å². The van der Waals surface area contributed by atoms with Crippen LogP contribution >= 0.6 is 0 Å². The number of hydrogen-bond acceptors (Lipinski definition) is 4. The van der Waals surface area contributed by atoms with Crippen LogP contribution in [0.4, 0.5) is 0 Å². The van der Waals surface area contributed by atoms with E-state index in [1.54, 1.807) is 6.92 Å². The van der Waals surface area contributed by atoms with E-state index in [9.17, 15) is 9.59 Å². The van der Waals surface area contributed by atoms with Gasteiger partial charge in [0.05, 0.1) is 12.6 Å². The smallest absolute Gasteiger partial charge is 0.325 e. The largest absolute Gasteiger partial charge is 0.465 e. The predicted octanol–water partition coefficient (Wildman–Crippen LogP) is 2.15. The van der Waals surface area contributed by atoms with Crippen molar-refractivity contribution < 1.29 is 14.3 Å². The second kappa shape index (κ2) is 9.59. The summed E-state index contributed by atoms with van der Waals surface area (Å²) in [6, 6.07) is 18.4. The molecule has 1 amide bonds. The molecule has 5 nitrogen and oxygen atoms in total. The quantitative estimate of drug-likeness (QED) is 0.747. The van der Waals surface area contributed by atoms with Crippen molar-refractivity contribution in [2.75, 3.05) is 13.2 Å². The van der Waals surface area contributed by atoms with E-state index in [0.717, 1.165) is 11.1 Å². The van der Waals surface area contributed by atoms with Crippen molar-refractivity contribution in [3.8, 4) is 0 Å². The van der Waals surface area contributed by atoms with E-state index in [1.165, 1.54) is 4.90 Å². The van der Waals surface area contributed by atoms with E-state index in [4.69, 9.17) is 10.5 Å². The first-order valence-electron chi connectivity index (χ1n) is 8.38. The molecule has 1 atom stereocenters. The Morgan fingerprint density at radius 3 is 2.12 bits per heavy atom. The first kappa shape index (κ1) is 18.7. The van der Waals surface area contributed by atoms with E-state index in [2.05, 4.69) is 0 Å². The van der Waals surface area contributed by atoms with Gasteiger partial charge in [-0.3, -0.25) is 9.59 Å². The number of amides is 1. The van der Waals surface area contributed by atoms with Crippen LogP contribution in [-0.2, 0) is 27.3 Å². The third-order valence-electron chi connectivity index (χ3n) is 3.77. The molecule has 2 N–H and O–H groups in total. The van der Waals surface area contributed by atoms with E-state index >= 15 is 0 Å². The molecule has 0 saturated heterocycles. The number of hydrogen-bond donors (Lipinski definition) is 1. The molecule has 0 fully saturated rings. The van der Waals surface area contributed by atoms with Gasteiger partial charge in [0.1, 0.15) is 6.54 Å². The van der Waals surface area contributed by atoms with Gasteiger partial charge in [-0.2, -0.15) is 0 Å². The number of nitrogens with two attached hydrogens (primary N) is 1.